The van der Waals surface area contributed by atoms with Crippen LogP contribution in [0.15, 0.2) is 42.5 Å². The fraction of sp³-hybridized carbons (Fsp3) is 0.375. The molecule has 0 saturated carbocycles. The molecule has 4 rings (SSSR count). The molecular weight excluding hydrogens is 458 g/mol. The molecule has 34 heavy (non-hydrogen) atoms. The first kappa shape index (κ1) is 23.8. The number of nitrogens with zero attached hydrogens (tertiary/aromatic N) is 3. The summed E-state index contributed by atoms with van der Waals surface area (Å²) >= 11 is 6.56. The average Bonchev–Trinajstić information content (AvgIpc) is 3.18. The molecule has 2 atom stereocenters. The van der Waals surface area contributed by atoms with E-state index >= 15 is 0 Å². The van der Waals surface area contributed by atoms with E-state index < -0.39 is 11.9 Å². The van der Waals surface area contributed by atoms with Gasteiger partial charge in [0, 0.05) is 43.6 Å². The van der Waals surface area contributed by atoms with Crippen LogP contribution in [0, 0.1) is 0 Å². The standard InChI is InChI=1S/C24H28ClN5O4/c1-15-12-30(21-5-3-2-4-16(21)13-29(15)24(34)27-11-22(26)32)23(33)19-7-6-17(10-20(19)25)28-9-8-18(31)14-28/h2-7,10,15,18,31H,8-9,11-14H2,1H3,(H2,26,32)(H,27,34)/t15-,18?/m1/s1. The number of benzene rings is 2. The van der Waals surface area contributed by atoms with Gasteiger partial charge in [0.2, 0.25) is 5.91 Å². The highest BCUT2D eigenvalue weighted by molar-refractivity contribution is 6.35. The number of halogens is 1. The normalized spacial score (nSPS) is 20.0. The van der Waals surface area contributed by atoms with E-state index in [4.69, 9.17) is 17.3 Å². The molecule has 0 aliphatic carbocycles. The molecule has 9 nitrogen and oxygen atoms in total. The van der Waals surface area contributed by atoms with Crippen molar-refractivity contribution in [2.45, 2.75) is 32.0 Å². The first-order valence-electron chi connectivity index (χ1n) is 11.2. The van der Waals surface area contributed by atoms with E-state index in [0.717, 1.165) is 17.8 Å². The lowest BCUT2D eigenvalue weighted by atomic mass is 10.1. The summed E-state index contributed by atoms with van der Waals surface area (Å²) in [6.45, 7) is 3.37. The molecular formula is C24H28ClN5O4. The van der Waals surface area contributed by atoms with E-state index in [1.807, 2.05) is 42.2 Å². The van der Waals surface area contributed by atoms with Crippen molar-refractivity contribution in [3.8, 4) is 0 Å². The Labute approximate surface area is 203 Å². The van der Waals surface area contributed by atoms with Crippen LogP contribution < -0.4 is 20.9 Å². The number of anilines is 2. The van der Waals surface area contributed by atoms with Crippen LogP contribution in [0.5, 0.6) is 0 Å². The molecule has 2 heterocycles. The maximum atomic E-state index is 13.7. The lowest BCUT2D eigenvalue weighted by Gasteiger charge is -2.29. The Morgan fingerprint density at radius 3 is 2.62 bits per heavy atom. The van der Waals surface area contributed by atoms with Gasteiger partial charge >= 0.3 is 6.03 Å². The number of primary amides is 1. The van der Waals surface area contributed by atoms with Gasteiger partial charge in [0.25, 0.3) is 5.91 Å². The molecule has 0 spiro atoms. The number of carbonyl (C=O) groups excluding carboxylic acids is 3. The summed E-state index contributed by atoms with van der Waals surface area (Å²) in [6.07, 6.45) is 0.336. The Morgan fingerprint density at radius 1 is 1.18 bits per heavy atom. The van der Waals surface area contributed by atoms with Crippen molar-refractivity contribution in [3.63, 3.8) is 0 Å². The number of aliphatic hydroxyl groups excluding tert-OH is 1. The number of nitrogens with two attached hydrogens (primary N) is 1. The fourth-order valence-corrected chi connectivity index (χ4v) is 4.69. The second-order valence-electron chi connectivity index (χ2n) is 8.70. The Balaban J connectivity index is 1.60. The average molecular weight is 486 g/mol. The first-order chi connectivity index (χ1) is 16.2. The number of hydrogen-bond acceptors (Lipinski definition) is 5. The SMILES string of the molecule is C[C@@H]1CN(C(=O)c2ccc(N3CCC(O)C3)cc2Cl)c2ccccc2CN1C(=O)NCC(N)=O. The molecule has 0 radical (unpaired) electrons. The van der Waals surface area contributed by atoms with Crippen molar-refractivity contribution in [2.75, 3.05) is 36.0 Å². The summed E-state index contributed by atoms with van der Waals surface area (Å²) in [5.41, 5.74) is 7.88. The van der Waals surface area contributed by atoms with Gasteiger partial charge in [0.05, 0.1) is 23.2 Å². The van der Waals surface area contributed by atoms with Gasteiger partial charge in [-0.3, -0.25) is 9.59 Å². The molecule has 4 amide bonds. The van der Waals surface area contributed by atoms with Crippen LogP contribution in [0.1, 0.15) is 29.3 Å². The topological polar surface area (TPSA) is 119 Å². The maximum absolute atomic E-state index is 13.7. The summed E-state index contributed by atoms with van der Waals surface area (Å²) in [5.74, 6) is -0.897. The molecule has 10 heteroatoms. The number of nitrogens with one attached hydrogen (secondary N) is 1. The van der Waals surface area contributed by atoms with Crippen LogP contribution in [0.25, 0.3) is 0 Å². The van der Waals surface area contributed by atoms with Gasteiger partial charge in [-0.1, -0.05) is 29.8 Å². The van der Waals surface area contributed by atoms with Gasteiger partial charge < -0.3 is 30.9 Å². The third-order valence-corrected chi connectivity index (χ3v) is 6.55. The third-order valence-electron chi connectivity index (χ3n) is 6.23. The zero-order valence-electron chi connectivity index (χ0n) is 18.9. The summed E-state index contributed by atoms with van der Waals surface area (Å²) in [6, 6.07) is 11.9. The number of fused-ring (bicyclic) bond motifs is 1. The van der Waals surface area contributed by atoms with Crippen LogP contribution in [-0.4, -0.2) is 66.2 Å². The van der Waals surface area contributed by atoms with Crippen molar-refractivity contribution in [1.29, 1.82) is 0 Å². The molecule has 2 aromatic carbocycles. The van der Waals surface area contributed by atoms with E-state index in [1.165, 1.54) is 0 Å². The van der Waals surface area contributed by atoms with Crippen molar-refractivity contribution < 1.29 is 19.5 Å². The second kappa shape index (κ2) is 9.90. The number of hydrogen-bond donors (Lipinski definition) is 3. The van der Waals surface area contributed by atoms with Gasteiger partial charge in [-0.2, -0.15) is 0 Å². The largest absolute Gasteiger partial charge is 0.391 e. The zero-order chi connectivity index (χ0) is 24.4. The van der Waals surface area contributed by atoms with E-state index in [1.54, 1.807) is 21.9 Å². The highest BCUT2D eigenvalue weighted by Gasteiger charge is 2.32. The van der Waals surface area contributed by atoms with Gasteiger partial charge in [0.1, 0.15) is 0 Å². The third kappa shape index (κ3) is 4.95. The van der Waals surface area contributed by atoms with E-state index in [-0.39, 0.29) is 37.7 Å². The Morgan fingerprint density at radius 2 is 1.94 bits per heavy atom. The Bertz CT molecular complexity index is 1110. The highest BCUT2D eigenvalue weighted by atomic mass is 35.5. The summed E-state index contributed by atoms with van der Waals surface area (Å²) < 4.78 is 0. The first-order valence-corrected chi connectivity index (χ1v) is 11.6. The number of amides is 4. The predicted molar refractivity (Wildman–Crippen MR) is 130 cm³/mol. The fourth-order valence-electron chi connectivity index (χ4n) is 4.43. The number of aliphatic hydroxyl groups is 1. The number of β-amino-alcohol motifs (C(OH)–C–C–N with tert-alkyl or cyclic N) is 1. The summed E-state index contributed by atoms with van der Waals surface area (Å²) in [4.78, 5) is 42.7. The molecule has 0 bridgehead atoms. The minimum absolute atomic E-state index is 0.246. The van der Waals surface area contributed by atoms with Crippen LogP contribution in [0.3, 0.4) is 0 Å². The monoisotopic (exact) mass is 485 g/mol. The lowest BCUT2D eigenvalue weighted by Crippen LogP contribution is -2.49. The van der Waals surface area contributed by atoms with Crippen molar-refractivity contribution in [3.05, 3.63) is 58.6 Å². The van der Waals surface area contributed by atoms with E-state index in [9.17, 15) is 19.5 Å². The predicted octanol–water partition coefficient (Wildman–Crippen LogP) is 1.96. The van der Waals surface area contributed by atoms with Gasteiger partial charge in [-0.15, -0.1) is 0 Å². The van der Waals surface area contributed by atoms with Crippen LogP contribution >= 0.6 is 11.6 Å². The number of urea groups is 1. The van der Waals surface area contributed by atoms with E-state index in [2.05, 4.69) is 5.32 Å². The molecule has 0 aromatic heterocycles. The molecule has 1 unspecified atom stereocenters. The highest BCUT2D eigenvalue weighted by Crippen LogP contribution is 2.32. The number of para-hydroxylation sites is 1. The van der Waals surface area contributed by atoms with Crippen LogP contribution in [0.4, 0.5) is 16.2 Å². The van der Waals surface area contributed by atoms with Gasteiger partial charge in [-0.25, -0.2) is 4.79 Å². The maximum Gasteiger partial charge on any atom is 0.318 e. The minimum atomic E-state index is -0.630. The number of carbonyl (C=O) groups is 3. The molecule has 1 saturated heterocycles. The van der Waals surface area contributed by atoms with Crippen LogP contribution in [-0.2, 0) is 11.3 Å². The van der Waals surface area contributed by atoms with Crippen molar-refractivity contribution >= 4 is 40.8 Å². The number of rotatable bonds is 4. The minimum Gasteiger partial charge on any atom is -0.391 e. The molecule has 4 N–H and O–H groups in total. The van der Waals surface area contributed by atoms with E-state index in [0.29, 0.717) is 29.2 Å². The second-order valence-corrected chi connectivity index (χ2v) is 9.11. The molecule has 2 aliphatic rings. The lowest BCUT2D eigenvalue weighted by molar-refractivity contribution is -0.117. The Kier molecular flexibility index (Phi) is 6.95. The quantitative estimate of drug-likeness (QED) is 0.611. The molecule has 1 fully saturated rings. The summed E-state index contributed by atoms with van der Waals surface area (Å²) in [7, 11) is 0. The van der Waals surface area contributed by atoms with Crippen molar-refractivity contribution in [1.82, 2.24) is 10.2 Å². The zero-order valence-corrected chi connectivity index (χ0v) is 19.7. The summed E-state index contributed by atoms with van der Waals surface area (Å²) in [5, 5.41) is 12.7. The Hall–Kier alpha value is -3.30. The smallest absolute Gasteiger partial charge is 0.318 e. The molecule has 2 aliphatic heterocycles. The van der Waals surface area contributed by atoms with Gasteiger partial charge in [-0.05, 0) is 43.2 Å². The van der Waals surface area contributed by atoms with Gasteiger partial charge in [0.15, 0.2) is 0 Å². The molecule has 180 valence electrons. The van der Waals surface area contributed by atoms with Crippen molar-refractivity contribution in [2.24, 2.45) is 5.73 Å². The molecule has 2 aromatic rings. The van der Waals surface area contributed by atoms with Crippen LogP contribution in [0.2, 0.25) is 5.02 Å².